The van der Waals surface area contributed by atoms with Gasteiger partial charge in [-0.2, -0.15) is 10.1 Å². The van der Waals surface area contributed by atoms with Gasteiger partial charge < -0.3 is 10.6 Å². The molecule has 2 N–H and O–H groups in total. The molecule has 0 saturated carbocycles. The Bertz CT molecular complexity index is 641. The highest BCUT2D eigenvalue weighted by Crippen LogP contribution is 2.19. The van der Waals surface area contributed by atoms with Crippen molar-refractivity contribution in [2.24, 2.45) is 0 Å². The fourth-order valence-corrected chi connectivity index (χ4v) is 2.63. The molecule has 0 amide bonds. The number of rotatable bonds is 7. The quantitative estimate of drug-likeness (QED) is 0.765. The van der Waals surface area contributed by atoms with Crippen molar-refractivity contribution in [1.82, 2.24) is 20.2 Å². The van der Waals surface area contributed by atoms with Crippen LogP contribution in [0.25, 0.3) is 0 Å². The highest BCUT2D eigenvalue weighted by Gasteiger charge is 2.04. The first kappa shape index (κ1) is 15.4. The highest BCUT2D eigenvalue weighted by molar-refractivity contribution is 5.37. The Morgan fingerprint density at radius 2 is 2.00 bits per heavy atom. The zero-order valence-electron chi connectivity index (χ0n) is 13.2. The Labute approximate surface area is 136 Å². The summed E-state index contributed by atoms with van der Waals surface area (Å²) >= 11 is 0. The van der Waals surface area contributed by atoms with Crippen molar-refractivity contribution < 1.29 is 0 Å². The predicted molar refractivity (Wildman–Crippen MR) is 91.0 cm³/mol. The molecule has 0 bridgehead atoms. The van der Waals surface area contributed by atoms with Crippen LogP contribution >= 0.6 is 0 Å². The van der Waals surface area contributed by atoms with Crippen molar-refractivity contribution in [2.75, 3.05) is 17.2 Å². The van der Waals surface area contributed by atoms with E-state index in [1.165, 1.54) is 25.7 Å². The Morgan fingerprint density at radius 1 is 1.09 bits per heavy atom. The lowest BCUT2D eigenvalue weighted by molar-refractivity contribution is 0.679. The Kier molecular flexibility index (Phi) is 5.50. The second kappa shape index (κ2) is 8.22. The molecule has 2 aromatic heterocycles. The normalized spacial score (nSPS) is 14.2. The van der Waals surface area contributed by atoms with Crippen LogP contribution in [0, 0.1) is 0 Å². The molecule has 0 unspecified atom stereocenters. The minimum absolute atomic E-state index is 0.531. The number of pyridine rings is 1. The summed E-state index contributed by atoms with van der Waals surface area (Å²) in [5.74, 6) is 1.29. The van der Waals surface area contributed by atoms with Gasteiger partial charge in [0.1, 0.15) is 0 Å². The van der Waals surface area contributed by atoms with Gasteiger partial charge in [-0.1, -0.05) is 11.6 Å². The molecule has 0 atom stereocenters. The van der Waals surface area contributed by atoms with Crippen LogP contribution in [-0.2, 0) is 6.54 Å². The van der Waals surface area contributed by atoms with Crippen molar-refractivity contribution in [3.63, 3.8) is 0 Å². The summed E-state index contributed by atoms with van der Waals surface area (Å²) < 4.78 is 0. The van der Waals surface area contributed by atoms with E-state index in [1.54, 1.807) is 24.2 Å². The van der Waals surface area contributed by atoms with Crippen molar-refractivity contribution in [1.29, 1.82) is 0 Å². The minimum atomic E-state index is 0.531. The molecule has 6 nitrogen and oxygen atoms in total. The van der Waals surface area contributed by atoms with Crippen LogP contribution in [0.4, 0.5) is 11.8 Å². The molecular formula is C17H22N6. The van der Waals surface area contributed by atoms with E-state index in [9.17, 15) is 0 Å². The van der Waals surface area contributed by atoms with Gasteiger partial charge in [-0.3, -0.25) is 4.98 Å². The van der Waals surface area contributed by atoms with Crippen molar-refractivity contribution >= 4 is 11.8 Å². The maximum atomic E-state index is 4.44. The molecule has 0 aromatic carbocycles. The molecule has 23 heavy (non-hydrogen) atoms. The Hall–Kier alpha value is -2.50. The summed E-state index contributed by atoms with van der Waals surface area (Å²) in [5.41, 5.74) is 2.69. The standard InChI is InChI=1S/C17H22N6/c1-2-4-14(5-3-1)8-11-19-16-13-21-23-17(22-16)20-12-15-6-9-18-10-7-15/h4,6-7,9-10,13H,1-3,5,8,11-12H2,(H2,19,20,22,23). The molecule has 2 heterocycles. The van der Waals surface area contributed by atoms with Gasteiger partial charge in [0.15, 0.2) is 5.82 Å². The van der Waals surface area contributed by atoms with Crippen molar-refractivity contribution in [3.05, 3.63) is 47.9 Å². The van der Waals surface area contributed by atoms with Gasteiger partial charge in [0.05, 0.1) is 6.20 Å². The molecule has 0 radical (unpaired) electrons. The van der Waals surface area contributed by atoms with Gasteiger partial charge in [-0.05, 0) is 49.8 Å². The number of hydrogen-bond donors (Lipinski definition) is 2. The summed E-state index contributed by atoms with van der Waals surface area (Å²) in [4.78, 5) is 8.44. The molecule has 1 aliphatic carbocycles. The highest BCUT2D eigenvalue weighted by atomic mass is 15.3. The second-order valence-corrected chi connectivity index (χ2v) is 5.66. The number of nitrogens with one attached hydrogen (secondary N) is 2. The molecular weight excluding hydrogens is 288 g/mol. The van der Waals surface area contributed by atoms with E-state index in [-0.39, 0.29) is 0 Å². The Balaban J connectivity index is 1.48. The monoisotopic (exact) mass is 310 g/mol. The molecule has 120 valence electrons. The van der Waals surface area contributed by atoms with Crippen LogP contribution in [-0.4, -0.2) is 26.7 Å². The van der Waals surface area contributed by atoms with E-state index in [4.69, 9.17) is 0 Å². The number of allylic oxidation sites excluding steroid dienone is 1. The lowest BCUT2D eigenvalue weighted by Gasteiger charge is -2.13. The molecule has 0 aliphatic heterocycles. The predicted octanol–water partition coefficient (Wildman–Crippen LogP) is 3.18. The van der Waals surface area contributed by atoms with Crippen LogP contribution < -0.4 is 10.6 Å². The third-order valence-corrected chi connectivity index (χ3v) is 3.90. The van der Waals surface area contributed by atoms with E-state index >= 15 is 0 Å². The fraction of sp³-hybridized carbons (Fsp3) is 0.412. The average molecular weight is 310 g/mol. The van der Waals surface area contributed by atoms with E-state index in [2.05, 4.69) is 36.9 Å². The topological polar surface area (TPSA) is 75.6 Å². The molecule has 0 saturated heterocycles. The summed E-state index contributed by atoms with van der Waals surface area (Å²) in [6, 6.07) is 3.92. The molecule has 0 fully saturated rings. The molecule has 6 heteroatoms. The van der Waals surface area contributed by atoms with E-state index in [0.29, 0.717) is 12.5 Å². The van der Waals surface area contributed by atoms with Gasteiger partial charge in [0, 0.05) is 25.5 Å². The first-order valence-corrected chi connectivity index (χ1v) is 8.14. The van der Waals surface area contributed by atoms with Crippen LogP contribution in [0.5, 0.6) is 0 Å². The zero-order chi connectivity index (χ0) is 15.7. The van der Waals surface area contributed by atoms with Gasteiger partial charge in [0.2, 0.25) is 5.95 Å². The van der Waals surface area contributed by atoms with Crippen LogP contribution in [0.2, 0.25) is 0 Å². The van der Waals surface area contributed by atoms with Gasteiger partial charge in [-0.15, -0.1) is 5.10 Å². The lowest BCUT2D eigenvalue weighted by atomic mass is 9.97. The largest absolute Gasteiger partial charge is 0.368 e. The number of hydrogen-bond acceptors (Lipinski definition) is 6. The first-order valence-electron chi connectivity index (χ1n) is 8.14. The van der Waals surface area contributed by atoms with Gasteiger partial charge >= 0.3 is 0 Å². The fourth-order valence-electron chi connectivity index (χ4n) is 2.63. The summed E-state index contributed by atoms with van der Waals surface area (Å²) in [5, 5.41) is 14.5. The maximum absolute atomic E-state index is 4.44. The lowest BCUT2D eigenvalue weighted by Crippen LogP contribution is -2.09. The SMILES string of the molecule is C1=C(CCNc2cnnc(NCc3ccncc3)n2)CCCC1. The summed E-state index contributed by atoms with van der Waals surface area (Å²) in [6.45, 7) is 1.54. The van der Waals surface area contributed by atoms with Crippen molar-refractivity contribution in [3.8, 4) is 0 Å². The van der Waals surface area contributed by atoms with E-state index in [0.717, 1.165) is 24.3 Å². The molecule has 0 spiro atoms. The van der Waals surface area contributed by atoms with Crippen LogP contribution in [0.15, 0.2) is 42.4 Å². The second-order valence-electron chi connectivity index (χ2n) is 5.66. The average Bonchev–Trinajstić information content (AvgIpc) is 2.62. The molecule has 1 aliphatic rings. The molecule has 2 aromatic rings. The maximum Gasteiger partial charge on any atom is 0.244 e. The third kappa shape index (κ3) is 5.02. The zero-order valence-corrected chi connectivity index (χ0v) is 13.2. The van der Waals surface area contributed by atoms with Gasteiger partial charge in [-0.25, -0.2) is 0 Å². The van der Waals surface area contributed by atoms with Gasteiger partial charge in [0.25, 0.3) is 0 Å². The molecule has 3 rings (SSSR count). The smallest absolute Gasteiger partial charge is 0.244 e. The Morgan fingerprint density at radius 3 is 2.83 bits per heavy atom. The number of aromatic nitrogens is 4. The van der Waals surface area contributed by atoms with Crippen LogP contribution in [0.1, 0.15) is 37.7 Å². The van der Waals surface area contributed by atoms with E-state index in [1.807, 2.05) is 12.1 Å². The van der Waals surface area contributed by atoms with E-state index < -0.39 is 0 Å². The third-order valence-electron chi connectivity index (χ3n) is 3.90. The number of anilines is 2. The first-order chi connectivity index (χ1) is 11.4. The van der Waals surface area contributed by atoms with Crippen molar-refractivity contribution in [2.45, 2.75) is 38.6 Å². The minimum Gasteiger partial charge on any atom is -0.368 e. The van der Waals surface area contributed by atoms with Crippen LogP contribution in [0.3, 0.4) is 0 Å². The summed E-state index contributed by atoms with van der Waals surface area (Å²) in [6.07, 6.45) is 13.8. The number of nitrogens with zero attached hydrogens (tertiary/aromatic N) is 4. The summed E-state index contributed by atoms with van der Waals surface area (Å²) in [7, 11) is 0.